The van der Waals surface area contributed by atoms with E-state index in [4.69, 9.17) is 9.47 Å². The standard InChI is InChI=1S/C23H24F2N4O2.HI/c1-3-30-20-6-4-5-7-21(20)31-22-11-8-16(13-27-22)14-28-23(26-2)29-15-17-12-18(24)9-10-19(17)25;/h4-13H,3,14-15H2,1-2H3,(H2,26,28,29);1H. The molecule has 0 unspecified atom stereocenters. The molecule has 0 atom stereocenters. The van der Waals surface area contributed by atoms with Crippen LogP contribution in [0.1, 0.15) is 18.1 Å². The van der Waals surface area contributed by atoms with Crippen LogP contribution in [0.5, 0.6) is 17.4 Å². The van der Waals surface area contributed by atoms with Gasteiger partial charge in [-0.25, -0.2) is 13.8 Å². The summed E-state index contributed by atoms with van der Waals surface area (Å²) < 4.78 is 38.4. The van der Waals surface area contributed by atoms with Gasteiger partial charge in [0.05, 0.1) is 6.61 Å². The Morgan fingerprint density at radius 2 is 1.75 bits per heavy atom. The molecule has 3 rings (SSSR count). The van der Waals surface area contributed by atoms with Gasteiger partial charge in [0, 0.05) is 38.0 Å². The quantitative estimate of drug-likeness (QED) is 0.232. The molecular formula is C23H25F2IN4O2. The van der Waals surface area contributed by atoms with Crippen LogP contribution in [0.25, 0.3) is 0 Å². The summed E-state index contributed by atoms with van der Waals surface area (Å²) in [5.41, 5.74) is 1.11. The molecule has 1 heterocycles. The average molecular weight is 554 g/mol. The molecule has 1 aromatic heterocycles. The second-order valence-corrected chi connectivity index (χ2v) is 6.50. The smallest absolute Gasteiger partial charge is 0.219 e. The Kier molecular flexibility index (Phi) is 10.1. The Bertz CT molecular complexity index is 1030. The topological polar surface area (TPSA) is 67.8 Å². The van der Waals surface area contributed by atoms with Crippen molar-refractivity contribution in [3.8, 4) is 17.4 Å². The van der Waals surface area contributed by atoms with Crippen LogP contribution in [-0.2, 0) is 13.1 Å². The van der Waals surface area contributed by atoms with Gasteiger partial charge in [0.25, 0.3) is 0 Å². The van der Waals surface area contributed by atoms with Crippen molar-refractivity contribution in [2.75, 3.05) is 13.7 Å². The maximum absolute atomic E-state index is 13.7. The highest BCUT2D eigenvalue weighted by Gasteiger charge is 2.07. The van der Waals surface area contributed by atoms with Crippen molar-refractivity contribution >= 4 is 29.9 Å². The van der Waals surface area contributed by atoms with Crippen LogP contribution in [-0.4, -0.2) is 24.6 Å². The fourth-order valence-electron chi connectivity index (χ4n) is 2.76. The van der Waals surface area contributed by atoms with Crippen LogP contribution >= 0.6 is 24.0 Å². The average Bonchev–Trinajstić information content (AvgIpc) is 2.78. The lowest BCUT2D eigenvalue weighted by molar-refractivity contribution is 0.319. The molecule has 0 fully saturated rings. The number of guanidine groups is 1. The van der Waals surface area contributed by atoms with Gasteiger partial charge in [0.2, 0.25) is 5.88 Å². The Hall–Kier alpha value is -2.95. The van der Waals surface area contributed by atoms with Crippen molar-refractivity contribution < 1.29 is 18.3 Å². The van der Waals surface area contributed by atoms with Crippen molar-refractivity contribution in [2.24, 2.45) is 4.99 Å². The molecule has 0 aliphatic heterocycles. The number of nitrogens with zero attached hydrogens (tertiary/aromatic N) is 2. The van der Waals surface area contributed by atoms with Crippen LogP contribution in [0.4, 0.5) is 8.78 Å². The maximum atomic E-state index is 13.7. The van der Waals surface area contributed by atoms with Gasteiger partial charge in [-0.2, -0.15) is 0 Å². The first-order valence-electron chi connectivity index (χ1n) is 9.82. The summed E-state index contributed by atoms with van der Waals surface area (Å²) in [5, 5.41) is 6.07. The summed E-state index contributed by atoms with van der Waals surface area (Å²) in [5.74, 6) is 1.18. The number of para-hydroxylation sites is 2. The Labute approximate surface area is 203 Å². The zero-order valence-electron chi connectivity index (χ0n) is 17.8. The zero-order chi connectivity index (χ0) is 22.1. The molecule has 2 N–H and O–H groups in total. The summed E-state index contributed by atoms with van der Waals surface area (Å²) in [7, 11) is 1.60. The van der Waals surface area contributed by atoms with Crippen molar-refractivity contribution in [3.05, 3.63) is 83.6 Å². The summed E-state index contributed by atoms with van der Waals surface area (Å²) in [6.07, 6.45) is 1.69. The molecule has 32 heavy (non-hydrogen) atoms. The second-order valence-electron chi connectivity index (χ2n) is 6.50. The third-order valence-electron chi connectivity index (χ3n) is 4.30. The minimum absolute atomic E-state index is 0. The van der Waals surface area contributed by atoms with Gasteiger partial charge in [0.1, 0.15) is 11.6 Å². The van der Waals surface area contributed by atoms with Gasteiger partial charge in [-0.15, -0.1) is 24.0 Å². The summed E-state index contributed by atoms with van der Waals surface area (Å²) in [4.78, 5) is 8.41. The summed E-state index contributed by atoms with van der Waals surface area (Å²) in [6, 6.07) is 14.4. The molecule has 0 aliphatic carbocycles. The first kappa shape index (κ1) is 25.3. The van der Waals surface area contributed by atoms with E-state index >= 15 is 0 Å². The number of hydrogen-bond donors (Lipinski definition) is 2. The van der Waals surface area contributed by atoms with Gasteiger partial charge in [-0.1, -0.05) is 18.2 Å². The summed E-state index contributed by atoms with van der Waals surface area (Å²) in [6.45, 7) is 3.00. The van der Waals surface area contributed by atoms with Gasteiger partial charge >= 0.3 is 0 Å². The number of aromatic nitrogens is 1. The molecule has 0 saturated heterocycles. The summed E-state index contributed by atoms with van der Waals surface area (Å²) >= 11 is 0. The largest absolute Gasteiger partial charge is 0.490 e. The highest BCUT2D eigenvalue weighted by Crippen LogP contribution is 2.30. The van der Waals surface area contributed by atoms with Crippen LogP contribution < -0.4 is 20.1 Å². The van der Waals surface area contributed by atoms with Crippen molar-refractivity contribution in [1.82, 2.24) is 15.6 Å². The van der Waals surface area contributed by atoms with Gasteiger partial charge < -0.3 is 20.1 Å². The van der Waals surface area contributed by atoms with E-state index in [1.165, 1.54) is 0 Å². The molecule has 9 heteroatoms. The first-order valence-corrected chi connectivity index (χ1v) is 9.82. The highest BCUT2D eigenvalue weighted by molar-refractivity contribution is 14.0. The minimum Gasteiger partial charge on any atom is -0.490 e. The van der Waals surface area contributed by atoms with Gasteiger partial charge in [-0.3, -0.25) is 4.99 Å². The molecule has 0 radical (unpaired) electrons. The van der Waals surface area contributed by atoms with Crippen LogP contribution in [0.15, 0.2) is 65.8 Å². The molecule has 0 saturated carbocycles. The first-order chi connectivity index (χ1) is 15.1. The Morgan fingerprint density at radius 1 is 1.00 bits per heavy atom. The van der Waals surface area contributed by atoms with E-state index in [2.05, 4.69) is 20.6 Å². The molecular weight excluding hydrogens is 529 g/mol. The Morgan fingerprint density at radius 3 is 2.44 bits per heavy atom. The van der Waals surface area contributed by atoms with E-state index in [1.54, 1.807) is 19.3 Å². The maximum Gasteiger partial charge on any atom is 0.219 e. The third-order valence-corrected chi connectivity index (χ3v) is 4.30. The monoisotopic (exact) mass is 554 g/mol. The second kappa shape index (κ2) is 12.8. The van der Waals surface area contributed by atoms with E-state index in [9.17, 15) is 8.78 Å². The molecule has 2 aromatic carbocycles. The number of benzene rings is 2. The van der Waals surface area contributed by atoms with E-state index in [0.717, 1.165) is 23.8 Å². The predicted molar refractivity (Wildman–Crippen MR) is 131 cm³/mol. The van der Waals surface area contributed by atoms with E-state index in [-0.39, 0.29) is 36.1 Å². The van der Waals surface area contributed by atoms with Crippen molar-refractivity contribution in [2.45, 2.75) is 20.0 Å². The lowest BCUT2D eigenvalue weighted by Crippen LogP contribution is -2.36. The van der Waals surface area contributed by atoms with E-state index in [1.807, 2.05) is 37.3 Å². The van der Waals surface area contributed by atoms with Crippen LogP contribution in [0, 0.1) is 11.6 Å². The normalized spacial score (nSPS) is 10.8. The van der Waals surface area contributed by atoms with Crippen molar-refractivity contribution in [3.63, 3.8) is 0 Å². The molecule has 0 amide bonds. The lowest BCUT2D eigenvalue weighted by Gasteiger charge is -2.13. The molecule has 3 aromatic rings. The predicted octanol–water partition coefficient (Wildman–Crippen LogP) is 5.03. The van der Waals surface area contributed by atoms with Gasteiger partial charge in [-0.05, 0) is 42.8 Å². The molecule has 0 aliphatic rings. The number of rotatable bonds is 8. The minimum atomic E-state index is -0.488. The highest BCUT2D eigenvalue weighted by atomic mass is 127. The molecule has 6 nitrogen and oxygen atoms in total. The number of aliphatic imine (C=N–C) groups is 1. The fourth-order valence-corrected chi connectivity index (χ4v) is 2.76. The van der Waals surface area contributed by atoms with Crippen molar-refractivity contribution in [1.29, 1.82) is 0 Å². The fraction of sp³-hybridized carbons (Fsp3) is 0.217. The molecule has 0 bridgehead atoms. The zero-order valence-corrected chi connectivity index (χ0v) is 20.1. The third kappa shape index (κ3) is 7.33. The van der Waals surface area contributed by atoms with E-state index < -0.39 is 11.6 Å². The number of ether oxygens (including phenoxy) is 2. The molecule has 0 spiro atoms. The number of hydrogen-bond acceptors (Lipinski definition) is 4. The number of nitrogens with one attached hydrogen (secondary N) is 2. The number of halogens is 3. The lowest BCUT2D eigenvalue weighted by atomic mass is 10.2. The number of pyridine rings is 1. The van der Waals surface area contributed by atoms with Gasteiger partial charge in [0.15, 0.2) is 17.5 Å². The van der Waals surface area contributed by atoms with Crippen LogP contribution in [0.2, 0.25) is 0 Å². The SMILES string of the molecule is CCOc1ccccc1Oc1ccc(CNC(=NC)NCc2cc(F)ccc2F)cn1.I. The van der Waals surface area contributed by atoms with E-state index in [0.29, 0.717) is 36.5 Å². The Balaban J connectivity index is 0.00000363. The molecule has 170 valence electrons. The van der Waals surface area contributed by atoms with Crippen LogP contribution in [0.3, 0.4) is 0 Å².